The van der Waals surface area contributed by atoms with Gasteiger partial charge in [-0.3, -0.25) is 4.79 Å². The van der Waals surface area contributed by atoms with E-state index in [0.717, 1.165) is 16.9 Å². The smallest absolute Gasteiger partial charge is 0.272 e. The maximum absolute atomic E-state index is 12.2. The first kappa shape index (κ1) is 15.0. The number of rotatable bonds is 6. The highest BCUT2D eigenvalue weighted by molar-refractivity contribution is 5.82. The van der Waals surface area contributed by atoms with E-state index < -0.39 is 13.0 Å². The molecule has 0 saturated heterocycles. The van der Waals surface area contributed by atoms with Crippen LogP contribution < -0.4 is 9.47 Å². The van der Waals surface area contributed by atoms with Gasteiger partial charge in [-0.2, -0.15) is 0 Å². The van der Waals surface area contributed by atoms with Gasteiger partial charge in [-0.05, 0) is 35.4 Å². The zero-order valence-corrected chi connectivity index (χ0v) is 11.4. The summed E-state index contributed by atoms with van der Waals surface area (Å²) in [5.41, 5.74) is 1.88. The van der Waals surface area contributed by atoms with E-state index in [9.17, 15) is 13.6 Å². The van der Waals surface area contributed by atoms with E-state index in [-0.39, 0.29) is 11.3 Å². The molecular formula is C16H14F2O3. The fourth-order valence-corrected chi connectivity index (χ4v) is 1.87. The summed E-state index contributed by atoms with van der Waals surface area (Å²) in [4.78, 5) is 10.9. The quantitative estimate of drug-likeness (QED) is 0.759. The standard InChI is InChI=1S/C16H14F2O3/c1-20-14-6-4-11(5-7-14)12-2-3-13(9-19)15(8-12)21-10-16(17)18/h2-9,16H,10H2,1H3. The monoisotopic (exact) mass is 292 g/mol. The van der Waals surface area contributed by atoms with E-state index >= 15 is 0 Å². The van der Waals surface area contributed by atoms with E-state index in [1.54, 1.807) is 37.4 Å². The summed E-state index contributed by atoms with van der Waals surface area (Å²) < 4.78 is 34.5. The lowest BCUT2D eigenvalue weighted by Gasteiger charge is -2.10. The maximum atomic E-state index is 12.2. The van der Waals surface area contributed by atoms with Crippen molar-refractivity contribution in [2.45, 2.75) is 6.43 Å². The minimum absolute atomic E-state index is 0.151. The second-order valence-electron chi connectivity index (χ2n) is 4.30. The number of aldehydes is 1. The van der Waals surface area contributed by atoms with Crippen LogP contribution in [0.3, 0.4) is 0 Å². The molecule has 0 unspecified atom stereocenters. The van der Waals surface area contributed by atoms with E-state index in [0.29, 0.717) is 6.29 Å². The molecule has 2 rings (SSSR count). The molecule has 2 aromatic carbocycles. The molecule has 0 aliphatic rings. The first-order valence-electron chi connectivity index (χ1n) is 6.28. The van der Waals surface area contributed by atoms with Crippen molar-refractivity contribution in [3.8, 4) is 22.6 Å². The summed E-state index contributed by atoms with van der Waals surface area (Å²) in [5, 5.41) is 0. The van der Waals surface area contributed by atoms with Crippen molar-refractivity contribution in [3.63, 3.8) is 0 Å². The Hall–Kier alpha value is -2.43. The van der Waals surface area contributed by atoms with Crippen LogP contribution in [0.4, 0.5) is 8.78 Å². The largest absolute Gasteiger partial charge is 0.497 e. The predicted molar refractivity (Wildman–Crippen MR) is 75.3 cm³/mol. The van der Waals surface area contributed by atoms with Gasteiger partial charge in [0.25, 0.3) is 6.43 Å². The van der Waals surface area contributed by atoms with Gasteiger partial charge in [0.2, 0.25) is 0 Å². The Morgan fingerprint density at radius 3 is 2.33 bits per heavy atom. The minimum Gasteiger partial charge on any atom is -0.497 e. The molecule has 5 heteroatoms. The average Bonchev–Trinajstić information content (AvgIpc) is 2.52. The molecule has 2 aromatic rings. The van der Waals surface area contributed by atoms with Crippen molar-refractivity contribution in [1.29, 1.82) is 0 Å². The fraction of sp³-hybridized carbons (Fsp3) is 0.188. The number of carbonyl (C=O) groups is 1. The van der Waals surface area contributed by atoms with Crippen molar-refractivity contribution in [3.05, 3.63) is 48.0 Å². The molecule has 0 atom stereocenters. The molecule has 0 bridgehead atoms. The Morgan fingerprint density at radius 1 is 1.10 bits per heavy atom. The molecule has 0 spiro atoms. The van der Waals surface area contributed by atoms with Gasteiger partial charge in [0.15, 0.2) is 6.29 Å². The number of carbonyl (C=O) groups excluding carboxylic acids is 1. The molecule has 0 amide bonds. The third kappa shape index (κ3) is 3.78. The highest BCUT2D eigenvalue weighted by Crippen LogP contribution is 2.28. The second kappa shape index (κ2) is 6.83. The summed E-state index contributed by atoms with van der Waals surface area (Å²) >= 11 is 0. The molecule has 0 aliphatic heterocycles. The molecule has 0 saturated carbocycles. The van der Waals surface area contributed by atoms with Gasteiger partial charge >= 0.3 is 0 Å². The summed E-state index contributed by atoms with van der Waals surface area (Å²) in [6.45, 7) is -0.743. The van der Waals surface area contributed by atoms with Gasteiger partial charge in [-0.15, -0.1) is 0 Å². The third-order valence-electron chi connectivity index (χ3n) is 2.93. The van der Waals surface area contributed by atoms with Crippen molar-refractivity contribution in [1.82, 2.24) is 0 Å². The van der Waals surface area contributed by atoms with Crippen molar-refractivity contribution < 1.29 is 23.0 Å². The average molecular weight is 292 g/mol. The number of alkyl halides is 2. The number of ether oxygens (including phenoxy) is 2. The van der Waals surface area contributed by atoms with Gasteiger partial charge in [-0.25, -0.2) is 8.78 Å². The van der Waals surface area contributed by atoms with E-state index in [1.165, 1.54) is 0 Å². The number of hydrogen-bond donors (Lipinski definition) is 0. The Balaban J connectivity index is 2.31. The highest BCUT2D eigenvalue weighted by atomic mass is 19.3. The molecule has 110 valence electrons. The molecular weight excluding hydrogens is 278 g/mol. The first-order valence-corrected chi connectivity index (χ1v) is 6.28. The lowest BCUT2D eigenvalue weighted by Crippen LogP contribution is -2.08. The lowest BCUT2D eigenvalue weighted by atomic mass is 10.0. The Morgan fingerprint density at radius 2 is 1.76 bits per heavy atom. The van der Waals surface area contributed by atoms with Crippen LogP contribution in [0, 0.1) is 0 Å². The van der Waals surface area contributed by atoms with Gasteiger partial charge in [-0.1, -0.05) is 18.2 Å². The van der Waals surface area contributed by atoms with Gasteiger partial charge in [0.05, 0.1) is 12.7 Å². The van der Waals surface area contributed by atoms with Crippen LogP contribution in [0.1, 0.15) is 10.4 Å². The molecule has 0 radical (unpaired) electrons. The summed E-state index contributed by atoms with van der Waals surface area (Å²) in [5.74, 6) is 0.871. The summed E-state index contributed by atoms with van der Waals surface area (Å²) in [6, 6.07) is 12.1. The number of benzene rings is 2. The number of methoxy groups -OCH3 is 1. The Labute approximate surface area is 121 Å². The molecule has 21 heavy (non-hydrogen) atoms. The van der Waals surface area contributed by atoms with Crippen LogP contribution in [0.15, 0.2) is 42.5 Å². The third-order valence-corrected chi connectivity index (χ3v) is 2.93. The van der Waals surface area contributed by atoms with Crippen LogP contribution >= 0.6 is 0 Å². The van der Waals surface area contributed by atoms with Gasteiger partial charge in [0.1, 0.15) is 18.1 Å². The Kier molecular flexibility index (Phi) is 4.87. The Bertz CT molecular complexity index is 609. The number of hydrogen-bond acceptors (Lipinski definition) is 3. The summed E-state index contributed by atoms with van der Waals surface area (Å²) in [6.07, 6.45) is -2.01. The lowest BCUT2D eigenvalue weighted by molar-refractivity contribution is 0.0809. The number of halogens is 2. The molecule has 0 aliphatic carbocycles. The zero-order valence-electron chi connectivity index (χ0n) is 11.4. The van der Waals surface area contributed by atoms with E-state index in [2.05, 4.69) is 0 Å². The van der Waals surface area contributed by atoms with Crippen LogP contribution in [-0.2, 0) is 0 Å². The first-order chi connectivity index (χ1) is 10.1. The molecule has 0 heterocycles. The van der Waals surface area contributed by atoms with Crippen molar-refractivity contribution in [2.75, 3.05) is 13.7 Å². The van der Waals surface area contributed by atoms with Crippen LogP contribution in [0.2, 0.25) is 0 Å². The SMILES string of the molecule is COc1ccc(-c2ccc(C=O)c(OCC(F)F)c2)cc1. The fourth-order valence-electron chi connectivity index (χ4n) is 1.87. The minimum atomic E-state index is -2.59. The molecule has 0 aromatic heterocycles. The van der Waals surface area contributed by atoms with Gasteiger partial charge in [0, 0.05) is 0 Å². The van der Waals surface area contributed by atoms with Gasteiger partial charge < -0.3 is 9.47 Å². The maximum Gasteiger partial charge on any atom is 0.272 e. The normalized spacial score (nSPS) is 10.5. The second-order valence-corrected chi connectivity index (χ2v) is 4.30. The van der Waals surface area contributed by atoms with Crippen molar-refractivity contribution >= 4 is 6.29 Å². The molecule has 3 nitrogen and oxygen atoms in total. The van der Waals surface area contributed by atoms with Crippen LogP contribution in [-0.4, -0.2) is 26.4 Å². The van der Waals surface area contributed by atoms with Crippen LogP contribution in [0.25, 0.3) is 11.1 Å². The zero-order chi connectivity index (χ0) is 15.2. The van der Waals surface area contributed by atoms with Crippen LogP contribution in [0.5, 0.6) is 11.5 Å². The highest BCUT2D eigenvalue weighted by Gasteiger charge is 2.09. The molecule has 0 fully saturated rings. The van der Waals surface area contributed by atoms with E-state index in [4.69, 9.17) is 9.47 Å². The van der Waals surface area contributed by atoms with Crippen molar-refractivity contribution in [2.24, 2.45) is 0 Å². The summed E-state index contributed by atoms with van der Waals surface area (Å²) in [7, 11) is 1.57. The van der Waals surface area contributed by atoms with E-state index in [1.807, 2.05) is 12.1 Å². The topological polar surface area (TPSA) is 35.5 Å². The molecule has 0 N–H and O–H groups in total. The predicted octanol–water partition coefficient (Wildman–Crippen LogP) is 3.82.